The summed E-state index contributed by atoms with van der Waals surface area (Å²) >= 11 is 1.15. The molecule has 0 radical (unpaired) electrons. The Morgan fingerprint density at radius 3 is 2.50 bits per heavy atom. The highest BCUT2D eigenvalue weighted by atomic mass is 32.2. The van der Waals surface area contributed by atoms with Crippen molar-refractivity contribution in [1.82, 2.24) is 0 Å². The van der Waals surface area contributed by atoms with Crippen LogP contribution in [0.5, 0.6) is 0 Å². The Kier molecular flexibility index (Phi) is 6.12. The molecule has 0 spiro atoms. The van der Waals surface area contributed by atoms with E-state index in [1.807, 2.05) is 36.4 Å². The average molecular weight is 396 g/mol. The molecule has 0 bridgehead atoms. The summed E-state index contributed by atoms with van der Waals surface area (Å²) in [7, 11) is 0. The molecule has 28 heavy (non-hydrogen) atoms. The lowest BCUT2D eigenvalue weighted by molar-refractivity contribution is -0.138. The normalized spacial score (nSPS) is 18.0. The maximum absolute atomic E-state index is 13.3. The van der Waals surface area contributed by atoms with E-state index in [0.717, 1.165) is 17.3 Å². The molecule has 1 aliphatic heterocycles. The van der Waals surface area contributed by atoms with Gasteiger partial charge >= 0.3 is 5.97 Å². The number of esters is 1. The quantitative estimate of drug-likeness (QED) is 0.437. The van der Waals surface area contributed by atoms with Crippen molar-refractivity contribution in [1.29, 1.82) is 5.26 Å². The minimum atomic E-state index is -0.784. The van der Waals surface area contributed by atoms with Crippen LogP contribution in [-0.4, -0.2) is 23.7 Å². The largest absolute Gasteiger partial charge is 0.462 e. The van der Waals surface area contributed by atoms with Crippen LogP contribution >= 0.6 is 11.8 Å². The van der Waals surface area contributed by atoms with Gasteiger partial charge in [0.1, 0.15) is 16.9 Å². The highest BCUT2D eigenvalue weighted by Gasteiger charge is 2.41. The monoisotopic (exact) mass is 396 g/mol. The van der Waals surface area contributed by atoms with Crippen molar-refractivity contribution in [3.05, 3.63) is 76.6 Å². The highest BCUT2D eigenvalue weighted by molar-refractivity contribution is 8.05. The summed E-state index contributed by atoms with van der Waals surface area (Å²) in [6.45, 7) is 1.75. The number of thioether (sulfide) groups is 1. The highest BCUT2D eigenvalue weighted by Crippen LogP contribution is 2.42. The fraction of sp³-hybridized carbons (Fsp3) is 0.190. The predicted octanol–water partition coefficient (Wildman–Crippen LogP) is 3.82. The maximum Gasteiger partial charge on any atom is 0.351 e. The number of nitriles is 1. The number of carbonyl (C=O) groups is 2. The van der Waals surface area contributed by atoms with Gasteiger partial charge in [0.2, 0.25) is 5.91 Å². The van der Waals surface area contributed by atoms with Crippen molar-refractivity contribution < 1.29 is 18.7 Å². The molecule has 1 amide bonds. The van der Waals surface area contributed by atoms with E-state index in [4.69, 9.17) is 4.74 Å². The number of carbonyl (C=O) groups excluding carboxylic acids is 2. The third kappa shape index (κ3) is 4.07. The second kappa shape index (κ2) is 8.72. The number of hydrogen-bond donors (Lipinski definition) is 0. The number of amides is 1. The standard InChI is InChI=1S/C21H17FN2O3S/c1-2-27-21(26)17(13-23)20-24(16-10-8-15(22)9-11-16)19(25)18(28-20)12-14-6-4-3-5-7-14/h3-11,18H,2,12H2,1H3/b20-17-/t18-/m0/s1. The van der Waals surface area contributed by atoms with E-state index in [1.54, 1.807) is 6.92 Å². The molecular formula is C21H17FN2O3S. The van der Waals surface area contributed by atoms with Gasteiger partial charge in [0, 0.05) is 5.69 Å². The molecule has 3 rings (SSSR count). The number of ether oxygens (including phenoxy) is 1. The van der Waals surface area contributed by atoms with Gasteiger partial charge in [-0.05, 0) is 43.2 Å². The van der Waals surface area contributed by atoms with E-state index in [0.29, 0.717) is 12.1 Å². The Balaban J connectivity index is 2.03. The first-order valence-corrected chi connectivity index (χ1v) is 9.54. The summed E-state index contributed by atoms with van der Waals surface area (Å²) in [5.74, 6) is -1.50. The molecule has 1 saturated heterocycles. The number of hydrogen-bond acceptors (Lipinski definition) is 5. The summed E-state index contributed by atoms with van der Waals surface area (Å²) in [5, 5.41) is 9.23. The Morgan fingerprint density at radius 1 is 1.21 bits per heavy atom. The minimum Gasteiger partial charge on any atom is -0.462 e. The summed E-state index contributed by atoms with van der Waals surface area (Å²) in [4.78, 5) is 26.7. The van der Waals surface area contributed by atoms with Crippen molar-refractivity contribution >= 4 is 29.3 Å². The molecule has 142 valence electrons. The zero-order valence-electron chi connectivity index (χ0n) is 15.1. The molecule has 5 nitrogen and oxygen atoms in total. The number of halogens is 1. The SMILES string of the molecule is CCOC(=O)/C(C#N)=C1\S[C@@H](Cc2ccccc2)C(=O)N1c1ccc(F)cc1. The van der Waals surface area contributed by atoms with E-state index in [2.05, 4.69) is 0 Å². The van der Waals surface area contributed by atoms with Crippen molar-refractivity contribution in [2.75, 3.05) is 11.5 Å². The number of anilines is 1. The molecule has 0 aliphatic carbocycles. The van der Waals surface area contributed by atoms with E-state index in [9.17, 15) is 19.2 Å². The summed E-state index contributed by atoms with van der Waals surface area (Å²) in [6.07, 6.45) is 0.438. The van der Waals surface area contributed by atoms with Crippen LogP contribution in [-0.2, 0) is 20.7 Å². The Bertz CT molecular complexity index is 952. The molecule has 1 atom stereocenters. The number of benzene rings is 2. The number of nitrogens with zero attached hydrogens (tertiary/aromatic N) is 2. The average Bonchev–Trinajstić information content (AvgIpc) is 3.00. The van der Waals surface area contributed by atoms with E-state index >= 15 is 0 Å². The van der Waals surface area contributed by atoms with Gasteiger partial charge in [-0.1, -0.05) is 42.1 Å². The van der Waals surface area contributed by atoms with Gasteiger partial charge in [0.05, 0.1) is 11.9 Å². The zero-order chi connectivity index (χ0) is 20.1. The van der Waals surface area contributed by atoms with Crippen molar-refractivity contribution in [3.8, 4) is 6.07 Å². The summed E-state index contributed by atoms with van der Waals surface area (Å²) in [5.41, 5.74) is 1.12. The number of rotatable bonds is 5. The Labute approximate surface area is 166 Å². The van der Waals surface area contributed by atoms with Gasteiger partial charge in [-0.3, -0.25) is 9.69 Å². The fourth-order valence-corrected chi connectivity index (χ4v) is 4.13. The van der Waals surface area contributed by atoms with E-state index in [1.165, 1.54) is 29.2 Å². The smallest absolute Gasteiger partial charge is 0.351 e. The lowest BCUT2D eigenvalue weighted by Gasteiger charge is -2.18. The molecule has 2 aromatic rings. The molecular weight excluding hydrogens is 379 g/mol. The lowest BCUT2D eigenvalue weighted by atomic mass is 10.1. The molecule has 0 N–H and O–H groups in total. The van der Waals surface area contributed by atoms with Crippen LogP contribution in [0.3, 0.4) is 0 Å². The van der Waals surface area contributed by atoms with Crippen LogP contribution < -0.4 is 4.90 Å². The fourth-order valence-electron chi connectivity index (χ4n) is 2.83. The lowest BCUT2D eigenvalue weighted by Crippen LogP contribution is -2.30. The molecule has 1 aliphatic rings. The summed E-state index contributed by atoms with van der Waals surface area (Å²) < 4.78 is 18.3. The second-order valence-electron chi connectivity index (χ2n) is 5.96. The first kappa shape index (κ1) is 19.6. The topological polar surface area (TPSA) is 70.4 Å². The summed E-state index contributed by atoms with van der Waals surface area (Å²) in [6, 6.07) is 16.7. The van der Waals surface area contributed by atoms with E-state index in [-0.39, 0.29) is 23.1 Å². The molecule has 7 heteroatoms. The Morgan fingerprint density at radius 2 is 1.89 bits per heavy atom. The molecule has 0 unspecified atom stereocenters. The predicted molar refractivity (Wildman–Crippen MR) is 105 cm³/mol. The first-order valence-electron chi connectivity index (χ1n) is 8.66. The van der Waals surface area contributed by atoms with Gasteiger partial charge in [-0.15, -0.1) is 0 Å². The zero-order valence-corrected chi connectivity index (χ0v) is 15.9. The first-order chi connectivity index (χ1) is 13.5. The maximum atomic E-state index is 13.3. The van der Waals surface area contributed by atoms with Crippen molar-refractivity contribution in [3.63, 3.8) is 0 Å². The molecule has 0 aromatic heterocycles. The van der Waals surface area contributed by atoms with Crippen molar-refractivity contribution in [2.24, 2.45) is 0 Å². The third-order valence-electron chi connectivity index (χ3n) is 4.11. The Hall–Kier alpha value is -3.11. The molecule has 2 aromatic carbocycles. The third-order valence-corrected chi connectivity index (χ3v) is 5.37. The van der Waals surface area contributed by atoms with Crippen LogP contribution in [0.1, 0.15) is 12.5 Å². The second-order valence-corrected chi connectivity index (χ2v) is 7.15. The van der Waals surface area contributed by atoms with Crippen LogP contribution in [0.4, 0.5) is 10.1 Å². The van der Waals surface area contributed by atoms with Crippen LogP contribution in [0, 0.1) is 17.1 Å². The van der Waals surface area contributed by atoms with Gasteiger partial charge in [0.25, 0.3) is 0 Å². The van der Waals surface area contributed by atoms with Gasteiger partial charge < -0.3 is 4.74 Å². The van der Waals surface area contributed by atoms with Crippen LogP contribution in [0.15, 0.2) is 65.2 Å². The van der Waals surface area contributed by atoms with Crippen LogP contribution in [0.25, 0.3) is 0 Å². The van der Waals surface area contributed by atoms with Crippen molar-refractivity contribution in [2.45, 2.75) is 18.6 Å². The molecule has 1 fully saturated rings. The molecule has 1 heterocycles. The minimum absolute atomic E-state index is 0.111. The molecule has 0 saturated carbocycles. The van der Waals surface area contributed by atoms with Gasteiger partial charge in [-0.25, -0.2) is 9.18 Å². The van der Waals surface area contributed by atoms with Gasteiger partial charge in [0.15, 0.2) is 5.57 Å². The van der Waals surface area contributed by atoms with E-state index < -0.39 is 17.0 Å². The van der Waals surface area contributed by atoms with Crippen LogP contribution in [0.2, 0.25) is 0 Å². The van der Waals surface area contributed by atoms with Gasteiger partial charge in [-0.2, -0.15) is 5.26 Å².